The molecule has 0 aliphatic rings. The third-order valence-corrected chi connectivity index (χ3v) is 3.36. The summed E-state index contributed by atoms with van der Waals surface area (Å²) in [5.41, 5.74) is 7.35. The molecule has 3 rings (SSSR count). The summed E-state index contributed by atoms with van der Waals surface area (Å²) >= 11 is 0. The van der Waals surface area contributed by atoms with Crippen molar-refractivity contribution in [1.29, 1.82) is 0 Å². The molecule has 1 aromatic heterocycles. The highest BCUT2D eigenvalue weighted by atomic mass is 19.1. The van der Waals surface area contributed by atoms with E-state index >= 15 is 0 Å². The lowest BCUT2D eigenvalue weighted by Gasteiger charge is -2.09. The molecule has 0 saturated carbocycles. The third-order valence-electron chi connectivity index (χ3n) is 3.36. The summed E-state index contributed by atoms with van der Waals surface area (Å²) in [6, 6.07) is 13.2. The Bertz CT molecular complexity index is 787. The summed E-state index contributed by atoms with van der Waals surface area (Å²) in [5, 5.41) is 6.82. The van der Waals surface area contributed by atoms with Crippen LogP contribution in [0.4, 0.5) is 4.39 Å². The van der Waals surface area contributed by atoms with Crippen molar-refractivity contribution >= 4 is 0 Å². The number of hydrogen-bond acceptors (Lipinski definition) is 4. The van der Waals surface area contributed by atoms with Gasteiger partial charge in [0.2, 0.25) is 0 Å². The van der Waals surface area contributed by atoms with Crippen LogP contribution in [0.15, 0.2) is 48.5 Å². The minimum atomic E-state index is -0.497. The van der Waals surface area contributed by atoms with Crippen LogP contribution in [-0.4, -0.2) is 22.3 Å². The van der Waals surface area contributed by atoms with Crippen molar-refractivity contribution < 1.29 is 9.13 Å². The van der Waals surface area contributed by atoms with Crippen LogP contribution in [0.2, 0.25) is 0 Å². The van der Waals surface area contributed by atoms with E-state index in [-0.39, 0.29) is 11.6 Å². The van der Waals surface area contributed by atoms with E-state index in [1.54, 1.807) is 25.3 Å². The fraction of sp³-hybridized carbons (Fsp3) is 0.125. The monoisotopic (exact) mass is 298 g/mol. The average molecular weight is 298 g/mol. The molecule has 0 aliphatic carbocycles. The van der Waals surface area contributed by atoms with E-state index < -0.39 is 6.04 Å². The molecular weight excluding hydrogens is 283 g/mol. The first-order chi connectivity index (χ1) is 10.7. The predicted molar refractivity (Wildman–Crippen MR) is 80.8 cm³/mol. The summed E-state index contributed by atoms with van der Waals surface area (Å²) in [6.45, 7) is 0. The minimum Gasteiger partial charge on any atom is -0.497 e. The fourth-order valence-corrected chi connectivity index (χ4v) is 2.17. The second-order valence-corrected chi connectivity index (χ2v) is 4.78. The Morgan fingerprint density at radius 1 is 1.18 bits per heavy atom. The van der Waals surface area contributed by atoms with Gasteiger partial charge < -0.3 is 10.5 Å². The van der Waals surface area contributed by atoms with Crippen molar-refractivity contribution in [2.24, 2.45) is 5.73 Å². The van der Waals surface area contributed by atoms with Gasteiger partial charge in [-0.2, -0.15) is 5.10 Å². The van der Waals surface area contributed by atoms with Gasteiger partial charge in [0.1, 0.15) is 17.4 Å². The average Bonchev–Trinajstić information content (AvgIpc) is 3.04. The molecule has 1 heterocycles. The lowest BCUT2D eigenvalue weighted by atomic mass is 10.1. The molecule has 0 amide bonds. The molecule has 112 valence electrons. The Hall–Kier alpha value is -2.73. The first-order valence-electron chi connectivity index (χ1n) is 6.76. The van der Waals surface area contributed by atoms with E-state index in [2.05, 4.69) is 15.2 Å². The zero-order valence-electron chi connectivity index (χ0n) is 12.0. The smallest absolute Gasteiger partial charge is 0.184 e. The number of methoxy groups -OCH3 is 1. The topological polar surface area (TPSA) is 76.8 Å². The first-order valence-corrected chi connectivity index (χ1v) is 6.76. The molecule has 1 atom stereocenters. The van der Waals surface area contributed by atoms with E-state index in [0.29, 0.717) is 17.1 Å². The fourth-order valence-electron chi connectivity index (χ4n) is 2.17. The van der Waals surface area contributed by atoms with Crippen LogP contribution in [0, 0.1) is 5.82 Å². The number of nitrogens with one attached hydrogen (secondary N) is 1. The Morgan fingerprint density at radius 3 is 2.77 bits per heavy atom. The molecule has 0 bridgehead atoms. The van der Waals surface area contributed by atoms with Crippen LogP contribution in [0.1, 0.15) is 17.4 Å². The number of nitrogens with two attached hydrogens (primary N) is 1. The lowest BCUT2D eigenvalue weighted by Crippen LogP contribution is -2.13. The largest absolute Gasteiger partial charge is 0.497 e. The van der Waals surface area contributed by atoms with Crippen molar-refractivity contribution in [3.05, 3.63) is 65.7 Å². The lowest BCUT2D eigenvalue weighted by molar-refractivity contribution is 0.414. The van der Waals surface area contributed by atoms with Gasteiger partial charge in [0, 0.05) is 0 Å². The molecule has 0 saturated heterocycles. The second-order valence-electron chi connectivity index (χ2n) is 4.78. The van der Waals surface area contributed by atoms with E-state index in [0.717, 1.165) is 5.56 Å². The van der Waals surface area contributed by atoms with Crippen molar-refractivity contribution in [2.75, 3.05) is 7.11 Å². The number of rotatable bonds is 4. The molecule has 6 heteroatoms. The summed E-state index contributed by atoms with van der Waals surface area (Å²) in [5.74, 6) is 1.09. The van der Waals surface area contributed by atoms with Gasteiger partial charge in [-0.15, -0.1) is 0 Å². The van der Waals surface area contributed by atoms with Gasteiger partial charge in [-0.3, -0.25) is 5.10 Å². The standard InChI is InChI=1S/C16H15FN4O/c1-22-11-6-4-5-10(9-11)14(18)16-19-15(20-21-16)12-7-2-3-8-13(12)17/h2-9,14H,18H2,1H3,(H,19,20,21). The van der Waals surface area contributed by atoms with Gasteiger partial charge in [0.05, 0.1) is 18.7 Å². The Balaban J connectivity index is 1.91. The highest BCUT2D eigenvalue weighted by Crippen LogP contribution is 2.24. The predicted octanol–water partition coefficient (Wildman–Crippen LogP) is 2.67. The highest BCUT2D eigenvalue weighted by molar-refractivity contribution is 5.55. The zero-order valence-corrected chi connectivity index (χ0v) is 12.0. The van der Waals surface area contributed by atoms with Crippen LogP contribution in [-0.2, 0) is 0 Å². The number of benzene rings is 2. The van der Waals surface area contributed by atoms with Crippen molar-refractivity contribution in [1.82, 2.24) is 15.2 Å². The van der Waals surface area contributed by atoms with Crippen molar-refractivity contribution in [2.45, 2.75) is 6.04 Å². The third kappa shape index (κ3) is 2.68. The summed E-state index contributed by atoms with van der Waals surface area (Å²) in [6.07, 6.45) is 0. The molecule has 0 spiro atoms. The molecule has 0 aliphatic heterocycles. The van der Waals surface area contributed by atoms with Crippen LogP contribution in [0.5, 0.6) is 5.75 Å². The summed E-state index contributed by atoms with van der Waals surface area (Å²) in [4.78, 5) is 4.30. The number of ether oxygens (including phenoxy) is 1. The highest BCUT2D eigenvalue weighted by Gasteiger charge is 2.16. The van der Waals surface area contributed by atoms with Gasteiger partial charge in [0.25, 0.3) is 0 Å². The van der Waals surface area contributed by atoms with Crippen LogP contribution in [0.3, 0.4) is 0 Å². The van der Waals surface area contributed by atoms with Gasteiger partial charge in [-0.05, 0) is 29.8 Å². The Morgan fingerprint density at radius 2 is 2.00 bits per heavy atom. The van der Waals surface area contributed by atoms with Gasteiger partial charge >= 0.3 is 0 Å². The van der Waals surface area contributed by atoms with Crippen LogP contribution in [0.25, 0.3) is 11.4 Å². The number of H-pyrrole nitrogens is 1. The maximum Gasteiger partial charge on any atom is 0.184 e. The molecular formula is C16H15FN4O. The Labute approximate surface area is 127 Å². The molecule has 1 unspecified atom stereocenters. The van der Waals surface area contributed by atoms with E-state index in [4.69, 9.17) is 10.5 Å². The number of aromatic nitrogens is 3. The van der Waals surface area contributed by atoms with Crippen molar-refractivity contribution in [3.8, 4) is 17.1 Å². The van der Waals surface area contributed by atoms with E-state index in [1.165, 1.54) is 6.07 Å². The molecule has 0 fully saturated rings. The summed E-state index contributed by atoms with van der Waals surface area (Å²) in [7, 11) is 1.59. The molecule has 3 aromatic rings. The number of aromatic amines is 1. The van der Waals surface area contributed by atoms with Gasteiger partial charge in [0.15, 0.2) is 5.82 Å². The van der Waals surface area contributed by atoms with Gasteiger partial charge in [-0.1, -0.05) is 24.3 Å². The molecule has 3 N–H and O–H groups in total. The Kier molecular flexibility index (Phi) is 3.84. The second kappa shape index (κ2) is 5.95. The molecule has 5 nitrogen and oxygen atoms in total. The van der Waals surface area contributed by atoms with Crippen molar-refractivity contribution in [3.63, 3.8) is 0 Å². The summed E-state index contributed by atoms with van der Waals surface area (Å²) < 4.78 is 18.9. The number of hydrogen-bond donors (Lipinski definition) is 2. The SMILES string of the molecule is COc1cccc(C(N)c2nc(-c3ccccc3F)n[nH]2)c1. The van der Waals surface area contributed by atoms with Gasteiger partial charge in [-0.25, -0.2) is 9.37 Å². The minimum absolute atomic E-state index is 0.284. The molecule has 22 heavy (non-hydrogen) atoms. The quantitative estimate of drug-likeness (QED) is 0.776. The zero-order chi connectivity index (χ0) is 15.5. The molecule has 2 aromatic carbocycles. The van der Waals surface area contributed by atoms with Crippen LogP contribution >= 0.6 is 0 Å². The number of nitrogens with zero attached hydrogens (tertiary/aromatic N) is 2. The van der Waals surface area contributed by atoms with Crippen LogP contribution < -0.4 is 10.5 Å². The van der Waals surface area contributed by atoms with E-state index in [9.17, 15) is 4.39 Å². The maximum atomic E-state index is 13.8. The normalized spacial score (nSPS) is 12.1. The number of halogens is 1. The van der Waals surface area contributed by atoms with E-state index in [1.807, 2.05) is 24.3 Å². The first kappa shape index (κ1) is 14.2. The molecule has 0 radical (unpaired) electrons. The maximum absolute atomic E-state index is 13.8.